The Morgan fingerprint density at radius 3 is 2.58 bits per heavy atom. The number of aromatic nitrogens is 1. The first-order valence-corrected chi connectivity index (χ1v) is 14.1. The second-order valence-corrected chi connectivity index (χ2v) is 10.9. The van der Waals surface area contributed by atoms with Crippen LogP contribution in [0.2, 0.25) is 0 Å². The minimum Gasteiger partial charge on any atom is -0.480 e. The monoisotopic (exact) mass is 519 g/mol. The van der Waals surface area contributed by atoms with E-state index in [1.54, 1.807) is 6.07 Å². The zero-order valence-corrected chi connectivity index (χ0v) is 22.2. The number of carboxylic acid groups (broad SMARTS) is 1. The normalized spacial score (nSPS) is 18.6. The van der Waals surface area contributed by atoms with Crippen LogP contribution >= 0.6 is 0 Å². The van der Waals surface area contributed by atoms with Gasteiger partial charge in [0.2, 0.25) is 0 Å². The van der Waals surface area contributed by atoms with Gasteiger partial charge in [0.15, 0.2) is 0 Å². The van der Waals surface area contributed by atoms with Crippen molar-refractivity contribution in [3.8, 4) is 0 Å². The van der Waals surface area contributed by atoms with Crippen molar-refractivity contribution in [2.75, 3.05) is 6.54 Å². The Kier molecular flexibility index (Phi) is 8.01. The quantitative estimate of drug-likeness (QED) is 0.358. The Bertz CT molecular complexity index is 1280. The largest absolute Gasteiger partial charge is 0.480 e. The molecule has 5 rings (SSSR count). The lowest BCUT2D eigenvalue weighted by molar-refractivity contribution is -0.140. The van der Waals surface area contributed by atoms with Crippen molar-refractivity contribution < 1.29 is 19.1 Å². The van der Waals surface area contributed by atoms with Gasteiger partial charge in [0.25, 0.3) is 0 Å². The van der Waals surface area contributed by atoms with E-state index >= 15 is 0 Å². The van der Waals surface area contributed by atoms with Gasteiger partial charge in [-0.3, -0.25) is 0 Å². The van der Waals surface area contributed by atoms with E-state index in [2.05, 4.69) is 5.32 Å². The summed E-state index contributed by atoms with van der Waals surface area (Å²) in [6.07, 6.45) is 8.42. The molecule has 2 aliphatic carbocycles. The fourth-order valence-electron chi connectivity index (χ4n) is 6.56. The van der Waals surface area contributed by atoms with Crippen LogP contribution in [-0.2, 0) is 24.2 Å². The number of carbonyl (C=O) groups excluding carboxylic acids is 1. The number of urea groups is 1. The van der Waals surface area contributed by atoms with Crippen LogP contribution in [0.25, 0.3) is 10.9 Å². The Hall–Kier alpha value is -3.35. The molecule has 2 N–H and O–H groups in total. The molecule has 1 fully saturated rings. The van der Waals surface area contributed by atoms with Crippen LogP contribution < -0.4 is 5.32 Å². The van der Waals surface area contributed by atoms with Gasteiger partial charge in [-0.15, -0.1) is 0 Å². The van der Waals surface area contributed by atoms with Crippen LogP contribution in [0.5, 0.6) is 0 Å². The predicted octanol–water partition coefficient (Wildman–Crippen LogP) is 6.47. The molecule has 202 valence electrons. The van der Waals surface area contributed by atoms with Crippen LogP contribution in [0.3, 0.4) is 0 Å². The molecule has 0 bridgehead atoms. The molecule has 1 saturated carbocycles. The van der Waals surface area contributed by atoms with Gasteiger partial charge >= 0.3 is 12.0 Å². The molecule has 0 saturated heterocycles. The topological polar surface area (TPSA) is 74.6 Å². The summed E-state index contributed by atoms with van der Waals surface area (Å²) in [6, 6.07) is 13.8. The second-order valence-electron chi connectivity index (χ2n) is 10.9. The minimum atomic E-state index is -0.877. The molecule has 1 aromatic heterocycles. The van der Waals surface area contributed by atoms with Crippen molar-refractivity contribution in [1.29, 1.82) is 0 Å². The van der Waals surface area contributed by atoms with Gasteiger partial charge in [0.1, 0.15) is 11.9 Å². The summed E-state index contributed by atoms with van der Waals surface area (Å²) in [6.45, 7) is 3.07. The highest BCUT2D eigenvalue weighted by Gasteiger charge is 2.35. The van der Waals surface area contributed by atoms with Crippen molar-refractivity contribution in [2.45, 2.75) is 83.3 Å². The van der Waals surface area contributed by atoms with Crippen LogP contribution in [0.1, 0.15) is 74.7 Å². The third-order valence-electron chi connectivity index (χ3n) is 8.49. The lowest BCUT2D eigenvalue weighted by Crippen LogP contribution is -2.50. The Labute approximate surface area is 223 Å². The molecule has 2 aliphatic rings. The number of halogens is 1. The first kappa shape index (κ1) is 26.3. The maximum absolute atomic E-state index is 14.4. The number of fused-ring (bicyclic) bond motifs is 3. The molecule has 0 radical (unpaired) electrons. The van der Waals surface area contributed by atoms with E-state index in [-0.39, 0.29) is 17.9 Å². The smallest absolute Gasteiger partial charge is 0.326 e. The van der Waals surface area contributed by atoms with E-state index in [1.807, 2.05) is 46.7 Å². The standard InChI is InChI=1S/C31H38FN3O3/c1-2-27(30(36)37)35-28-15-13-23(32)17-25(28)26-18-24(14-16-29(26)35)34(20-22-11-7-4-8-12-22)31(38)33-19-21-9-5-3-6-10-21/h3,5-6,9-10,13,15,17,22,24,27H,2,4,7-8,11-12,14,16,18-20H2,1H3,(H,33,38)(H,36,37). The van der Waals surface area contributed by atoms with Crippen LogP contribution in [0.4, 0.5) is 9.18 Å². The highest BCUT2D eigenvalue weighted by Crippen LogP contribution is 2.38. The number of hydrogen-bond donors (Lipinski definition) is 2. The number of amides is 2. The number of rotatable bonds is 8. The first-order chi connectivity index (χ1) is 18.5. The van der Waals surface area contributed by atoms with Gasteiger partial charge in [-0.25, -0.2) is 14.0 Å². The molecule has 2 atom stereocenters. The number of carbonyl (C=O) groups is 2. The summed E-state index contributed by atoms with van der Waals surface area (Å²) in [5.41, 5.74) is 3.78. The number of aliphatic carboxylic acids is 1. The molecular formula is C31H38FN3O3. The maximum Gasteiger partial charge on any atom is 0.326 e. The summed E-state index contributed by atoms with van der Waals surface area (Å²) in [4.78, 5) is 27.8. The number of benzene rings is 2. The average molecular weight is 520 g/mol. The van der Waals surface area contributed by atoms with Crippen molar-refractivity contribution >= 4 is 22.9 Å². The zero-order chi connectivity index (χ0) is 26.6. The van der Waals surface area contributed by atoms with Crippen molar-refractivity contribution in [1.82, 2.24) is 14.8 Å². The number of nitrogens with one attached hydrogen (secondary N) is 1. The maximum atomic E-state index is 14.4. The number of hydrogen-bond acceptors (Lipinski definition) is 2. The Morgan fingerprint density at radius 2 is 1.87 bits per heavy atom. The van der Waals surface area contributed by atoms with Crippen molar-refractivity contribution in [2.24, 2.45) is 5.92 Å². The van der Waals surface area contributed by atoms with Crippen LogP contribution in [0.15, 0.2) is 48.5 Å². The zero-order valence-electron chi connectivity index (χ0n) is 22.2. The van der Waals surface area contributed by atoms with E-state index in [4.69, 9.17) is 0 Å². The third-order valence-corrected chi connectivity index (χ3v) is 8.49. The first-order valence-electron chi connectivity index (χ1n) is 14.1. The van der Waals surface area contributed by atoms with E-state index in [0.717, 1.165) is 53.5 Å². The molecule has 1 heterocycles. The average Bonchev–Trinajstić information content (AvgIpc) is 3.24. The summed E-state index contributed by atoms with van der Waals surface area (Å²) >= 11 is 0. The van der Waals surface area contributed by atoms with Crippen LogP contribution in [-0.4, -0.2) is 39.2 Å². The molecule has 3 aromatic rings. The second kappa shape index (κ2) is 11.6. The van der Waals surface area contributed by atoms with Gasteiger partial charge in [-0.1, -0.05) is 56.5 Å². The van der Waals surface area contributed by atoms with Gasteiger partial charge in [0, 0.05) is 35.7 Å². The Morgan fingerprint density at radius 1 is 1.11 bits per heavy atom. The van der Waals surface area contributed by atoms with Crippen LogP contribution in [0, 0.1) is 11.7 Å². The van der Waals surface area contributed by atoms with E-state index < -0.39 is 12.0 Å². The van der Waals surface area contributed by atoms with Gasteiger partial charge in [-0.2, -0.15) is 0 Å². The molecule has 2 amide bonds. The highest BCUT2D eigenvalue weighted by molar-refractivity contribution is 5.88. The molecular weight excluding hydrogens is 481 g/mol. The molecule has 38 heavy (non-hydrogen) atoms. The molecule has 7 heteroatoms. The molecule has 2 unspecified atom stereocenters. The van der Waals surface area contributed by atoms with Crippen molar-refractivity contribution in [3.63, 3.8) is 0 Å². The number of carboxylic acids is 1. The molecule has 0 spiro atoms. The van der Waals surface area contributed by atoms with E-state index in [1.165, 1.54) is 31.4 Å². The Balaban J connectivity index is 1.46. The molecule has 2 aromatic carbocycles. The van der Waals surface area contributed by atoms with E-state index in [0.29, 0.717) is 31.7 Å². The lowest BCUT2D eigenvalue weighted by Gasteiger charge is -2.38. The summed E-state index contributed by atoms with van der Waals surface area (Å²) in [5, 5.41) is 13.9. The fraction of sp³-hybridized carbons (Fsp3) is 0.484. The SMILES string of the molecule is CCC(C(=O)O)n1c2c(c3cc(F)ccc31)CC(N(CC1CCCCC1)C(=O)NCc1ccccc1)CC2. The molecule has 0 aliphatic heterocycles. The van der Waals surface area contributed by atoms with Gasteiger partial charge in [0.05, 0.1) is 0 Å². The fourth-order valence-corrected chi connectivity index (χ4v) is 6.56. The van der Waals surface area contributed by atoms with Crippen molar-refractivity contribution in [3.05, 3.63) is 71.2 Å². The minimum absolute atomic E-state index is 0.0209. The number of nitrogens with zero attached hydrogens (tertiary/aromatic N) is 2. The van der Waals surface area contributed by atoms with Gasteiger partial charge < -0.3 is 19.9 Å². The van der Waals surface area contributed by atoms with E-state index in [9.17, 15) is 19.1 Å². The summed E-state index contributed by atoms with van der Waals surface area (Å²) < 4.78 is 16.3. The lowest BCUT2D eigenvalue weighted by atomic mass is 9.86. The highest BCUT2D eigenvalue weighted by atomic mass is 19.1. The summed E-state index contributed by atoms with van der Waals surface area (Å²) in [7, 11) is 0. The van der Waals surface area contributed by atoms with Gasteiger partial charge in [-0.05, 0) is 73.8 Å². The predicted molar refractivity (Wildman–Crippen MR) is 147 cm³/mol. The third kappa shape index (κ3) is 5.42. The molecule has 6 nitrogen and oxygen atoms in total. The summed E-state index contributed by atoms with van der Waals surface area (Å²) in [5.74, 6) is -0.719.